The molecule has 2 rings (SSSR count). The number of nitrogens with one attached hydrogen (secondary N) is 1. The number of alkyl halides is 3. The van der Waals surface area contributed by atoms with Crippen LogP contribution >= 0.6 is 11.8 Å². The summed E-state index contributed by atoms with van der Waals surface area (Å²) in [6, 6.07) is 9.06. The molecule has 0 aliphatic carbocycles. The Kier molecular flexibility index (Phi) is 7.96. The Morgan fingerprint density at radius 3 is 2.61 bits per heavy atom. The standard InChI is InChI=1S/C19H20F3N3O4S2/c1-30-11-29-18(26)10-24-16(9-17(23)19(20,21)22)15-7-6-14(25-15)12-4-3-5-13(8-12)31(2,27)28/h3-9,25H,10-11,23H2,1-2H3. The average Bonchev–Trinajstić information content (AvgIpc) is 3.18. The van der Waals surface area contributed by atoms with Crippen molar-refractivity contribution < 1.29 is 31.1 Å². The fraction of sp³-hybridized carbons (Fsp3) is 0.263. The maximum atomic E-state index is 12.9. The Morgan fingerprint density at radius 1 is 1.29 bits per heavy atom. The monoisotopic (exact) mass is 475 g/mol. The summed E-state index contributed by atoms with van der Waals surface area (Å²) in [7, 11) is -3.44. The predicted octanol–water partition coefficient (Wildman–Crippen LogP) is 3.14. The van der Waals surface area contributed by atoms with Crippen LogP contribution in [-0.4, -0.2) is 56.3 Å². The number of aliphatic imine (C=N–C) groups is 1. The number of aromatic amines is 1. The molecule has 0 saturated heterocycles. The lowest BCUT2D eigenvalue weighted by Gasteiger charge is -2.08. The van der Waals surface area contributed by atoms with Gasteiger partial charge in [-0.15, -0.1) is 11.8 Å². The molecule has 0 spiro atoms. The van der Waals surface area contributed by atoms with Crippen LogP contribution in [0, 0.1) is 0 Å². The fourth-order valence-corrected chi connectivity index (χ4v) is 3.28. The molecular formula is C19H20F3N3O4S2. The SMILES string of the molecule is CSCOC(=O)CN=C(C=C(N)C(F)(F)F)c1ccc(-c2cccc(S(C)(=O)=O)c2)[nH]1. The number of nitrogens with two attached hydrogens (primary N) is 1. The first-order valence-electron chi connectivity index (χ1n) is 8.65. The number of allylic oxidation sites excluding steroid dienone is 2. The number of ether oxygens (including phenoxy) is 1. The number of carbonyl (C=O) groups is 1. The van der Waals surface area contributed by atoms with Crippen molar-refractivity contribution in [2.75, 3.05) is 25.0 Å². The van der Waals surface area contributed by atoms with E-state index in [-0.39, 0.29) is 22.2 Å². The van der Waals surface area contributed by atoms with E-state index in [1.807, 2.05) is 0 Å². The number of benzene rings is 1. The zero-order valence-electron chi connectivity index (χ0n) is 16.6. The molecular weight excluding hydrogens is 455 g/mol. The Balaban J connectivity index is 2.42. The summed E-state index contributed by atoms with van der Waals surface area (Å²) in [6.07, 6.45) is -1.38. The molecule has 1 heterocycles. The number of aromatic nitrogens is 1. The molecule has 3 N–H and O–H groups in total. The van der Waals surface area contributed by atoms with Crippen LogP contribution in [0.25, 0.3) is 11.3 Å². The number of carbonyl (C=O) groups excluding carboxylic acids is 1. The molecule has 7 nitrogen and oxygen atoms in total. The van der Waals surface area contributed by atoms with E-state index in [0.29, 0.717) is 17.3 Å². The third kappa shape index (κ3) is 7.17. The quantitative estimate of drug-likeness (QED) is 0.344. The zero-order chi connectivity index (χ0) is 23.2. The van der Waals surface area contributed by atoms with Crippen LogP contribution in [0.5, 0.6) is 0 Å². The lowest BCUT2D eigenvalue weighted by Crippen LogP contribution is -2.21. The number of sulfone groups is 1. The van der Waals surface area contributed by atoms with Crippen molar-refractivity contribution >= 4 is 33.3 Å². The average molecular weight is 476 g/mol. The topological polar surface area (TPSA) is 115 Å². The molecule has 0 bridgehead atoms. The number of esters is 1. The number of H-pyrrole nitrogens is 1. The van der Waals surface area contributed by atoms with Gasteiger partial charge in [-0.3, -0.25) is 9.79 Å². The Labute approximate surface area is 181 Å². The number of nitrogens with zero attached hydrogens (tertiary/aromatic N) is 1. The van der Waals surface area contributed by atoms with Crippen molar-refractivity contribution in [3.8, 4) is 11.3 Å². The van der Waals surface area contributed by atoms with Gasteiger partial charge in [0.25, 0.3) is 0 Å². The second kappa shape index (κ2) is 10.1. The first-order chi connectivity index (χ1) is 14.4. The second-order valence-corrected chi connectivity index (χ2v) is 9.14. The van der Waals surface area contributed by atoms with E-state index < -0.39 is 34.2 Å². The molecule has 0 aliphatic heterocycles. The van der Waals surface area contributed by atoms with Crippen LogP contribution in [0.1, 0.15) is 5.69 Å². The lowest BCUT2D eigenvalue weighted by molar-refractivity contribution is -0.139. The normalized spacial score (nSPS) is 13.3. The van der Waals surface area contributed by atoms with E-state index in [1.54, 1.807) is 24.5 Å². The van der Waals surface area contributed by atoms with Gasteiger partial charge in [0.1, 0.15) is 18.2 Å². The summed E-state index contributed by atoms with van der Waals surface area (Å²) in [5, 5.41) is 0. The zero-order valence-corrected chi connectivity index (χ0v) is 18.2. The molecule has 0 amide bonds. The minimum absolute atomic E-state index is 0.0905. The maximum absolute atomic E-state index is 12.9. The maximum Gasteiger partial charge on any atom is 0.430 e. The van der Waals surface area contributed by atoms with Crippen molar-refractivity contribution in [2.24, 2.45) is 10.7 Å². The Hall–Kier alpha value is -2.73. The van der Waals surface area contributed by atoms with E-state index >= 15 is 0 Å². The molecule has 12 heteroatoms. The number of halogens is 3. The predicted molar refractivity (Wildman–Crippen MR) is 114 cm³/mol. The third-order valence-electron chi connectivity index (χ3n) is 3.87. The van der Waals surface area contributed by atoms with Crippen molar-refractivity contribution in [3.05, 3.63) is 53.9 Å². The largest absolute Gasteiger partial charge is 0.453 e. The summed E-state index contributed by atoms with van der Waals surface area (Å²) in [6.45, 7) is -0.505. The van der Waals surface area contributed by atoms with Gasteiger partial charge in [-0.05, 0) is 42.2 Å². The van der Waals surface area contributed by atoms with Gasteiger partial charge in [0.15, 0.2) is 9.84 Å². The van der Waals surface area contributed by atoms with Crippen molar-refractivity contribution in [1.82, 2.24) is 4.98 Å². The summed E-state index contributed by atoms with van der Waals surface area (Å²) in [4.78, 5) is 18.6. The molecule has 0 aliphatic rings. The summed E-state index contributed by atoms with van der Waals surface area (Å²) in [5.74, 6) is -0.619. The van der Waals surface area contributed by atoms with Crippen molar-refractivity contribution in [3.63, 3.8) is 0 Å². The Bertz CT molecular complexity index is 1110. The molecule has 168 valence electrons. The molecule has 2 aromatic rings. The number of rotatable bonds is 8. The number of thioether (sulfide) groups is 1. The summed E-state index contributed by atoms with van der Waals surface area (Å²) >= 11 is 1.26. The smallest absolute Gasteiger partial charge is 0.430 e. The molecule has 0 unspecified atom stereocenters. The van der Waals surface area contributed by atoms with Gasteiger partial charge >= 0.3 is 12.1 Å². The van der Waals surface area contributed by atoms with E-state index in [0.717, 1.165) is 6.26 Å². The summed E-state index contributed by atoms with van der Waals surface area (Å²) < 4.78 is 67.1. The van der Waals surface area contributed by atoms with Gasteiger partial charge in [0.2, 0.25) is 0 Å². The number of hydrogen-bond acceptors (Lipinski definition) is 7. The molecule has 0 saturated carbocycles. The first kappa shape index (κ1) is 24.5. The van der Waals surface area contributed by atoms with E-state index in [9.17, 15) is 26.4 Å². The van der Waals surface area contributed by atoms with Crippen LogP contribution in [-0.2, 0) is 19.4 Å². The van der Waals surface area contributed by atoms with E-state index in [1.165, 1.54) is 30.0 Å². The highest BCUT2D eigenvalue weighted by Gasteiger charge is 2.32. The van der Waals surface area contributed by atoms with Gasteiger partial charge in [0, 0.05) is 11.9 Å². The van der Waals surface area contributed by atoms with Crippen molar-refractivity contribution in [1.29, 1.82) is 0 Å². The molecule has 0 radical (unpaired) electrons. The van der Waals surface area contributed by atoms with Crippen LogP contribution in [0.2, 0.25) is 0 Å². The highest BCUT2D eigenvalue weighted by Crippen LogP contribution is 2.24. The highest BCUT2D eigenvalue weighted by molar-refractivity contribution is 7.98. The van der Waals surface area contributed by atoms with Gasteiger partial charge in [0.05, 0.1) is 16.3 Å². The van der Waals surface area contributed by atoms with Crippen molar-refractivity contribution in [2.45, 2.75) is 11.1 Å². The molecule has 0 fully saturated rings. The molecule has 1 aromatic heterocycles. The minimum Gasteiger partial charge on any atom is -0.453 e. The first-order valence-corrected chi connectivity index (χ1v) is 11.9. The van der Waals surface area contributed by atoms with Gasteiger partial charge < -0.3 is 15.5 Å². The van der Waals surface area contributed by atoms with Crippen LogP contribution in [0.4, 0.5) is 13.2 Å². The molecule has 0 atom stereocenters. The lowest BCUT2D eigenvalue weighted by atomic mass is 10.2. The number of hydrogen-bond donors (Lipinski definition) is 2. The highest BCUT2D eigenvalue weighted by atomic mass is 32.2. The van der Waals surface area contributed by atoms with Gasteiger partial charge in [-0.1, -0.05) is 12.1 Å². The van der Waals surface area contributed by atoms with E-state index in [2.05, 4.69) is 9.98 Å². The van der Waals surface area contributed by atoms with Crippen LogP contribution in [0.3, 0.4) is 0 Å². The van der Waals surface area contributed by atoms with Crippen LogP contribution < -0.4 is 5.73 Å². The van der Waals surface area contributed by atoms with Gasteiger partial charge in [-0.25, -0.2) is 8.42 Å². The third-order valence-corrected chi connectivity index (χ3v) is 5.33. The minimum atomic E-state index is -4.78. The Morgan fingerprint density at radius 2 is 2.00 bits per heavy atom. The van der Waals surface area contributed by atoms with Crippen LogP contribution in [0.15, 0.2) is 58.1 Å². The van der Waals surface area contributed by atoms with Gasteiger partial charge in [-0.2, -0.15) is 13.2 Å². The fourth-order valence-electron chi connectivity index (χ4n) is 2.36. The second-order valence-electron chi connectivity index (χ2n) is 6.31. The molecule has 1 aromatic carbocycles. The molecule has 31 heavy (non-hydrogen) atoms. The van der Waals surface area contributed by atoms with E-state index in [4.69, 9.17) is 10.5 Å². The summed E-state index contributed by atoms with van der Waals surface area (Å²) in [5.41, 5.74) is 4.62.